The largest absolute Gasteiger partial charge is 0.341 e. The number of hydrogen-bond acceptors (Lipinski definition) is 3. The maximum Gasteiger partial charge on any atom is 0.225 e. The predicted molar refractivity (Wildman–Crippen MR) is 77.7 cm³/mol. The van der Waals surface area contributed by atoms with Crippen molar-refractivity contribution >= 4 is 5.91 Å². The molecule has 110 valence electrons. The van der Waals surface area contributed by atoms with E-state index < -0.39 is 0 Å². The Morgan fingerprint density at radius 2 is 1.84 bits per heavy atom. The fraction of sp³-hybridized carbons (Fsp3) is 0.933. The maximum absolute atomic E-state index is 12.6. The molecule has 1 aliphatic heterocycles. The van der Waals surface area contributed by atoms with Crippen LogP contribution in [0, 0.1) is 17.8 Å². The number of rotatable bonds is 2. The Hall–Kier alpha value is -0.610. The fourth-order valence-electron chi connectivity index (χ4n) is 3.70. The lowest BCUT2D eigenvalue weighted by Gasteiger charge is -2.33. The molecular formula is C15H29N3O. The van der Waals surface area contributed by atoms with Gasteiger partial charge >= 0.3 is 0 Å². The van der Waals surface area contributed by atoms with Crippen molar-refractivity contribution < 1.29 is 4.79 Å². The van der Waals surface area contributed by atoms with Gasteiger partial charge in [-0.05, 0) is 45.2 Å². The molecule has 0 radical (unpaired) electrons. The number of nitrogens with zero attached hydrogens (tertiary/aromatic N) is 2. The van der Waals surface area contributed by atoms with E-state index in [1.54, 1.807) is 0 Å². The monoisotopic (exact) mass is 267 g/mol. The summed E-state index contributed by atoms with van der Waals surface area (Å²) in [5.41, 5.74) is 6.05. The number of carbonyl (C=O) groups is 1. The Labute approximate surface area is 117 Å². The summed E-state index contributed by atoms with van der Waals surface area (Å²) >= 11 is 0. The molecule has 5 atom stereocenters. The molecule has 5 unspecified atom stereocenters. The van der Waals surface area contributed by atoms with Gasteiger partial charge in [0, 0.05) is 31.1 Å². The molecule has 2 N–H and O–H groups in total. The number of likely N-dealkylation sites (tertiary alicyclic amines) is 1. The van der Waals surface area contributed by atoms with Crippen LogP contribution in [0.15, 0.2) is 0 Å². The highest BCUT2D eigenvalue weighted by Crippen LogP contribution is 2.31. The van der Waals surface area contributed by atoms with E-state index in [9.17, 15) is 4.79 Å². The molecule has 4 heteroatoms. The minimum absolute atomic E-state index is 0.211. The van der Waals surface area contributed by atoms with Crippen LogP contribution in [0.2, 0.25) is 0 Å². The summed E-state index contributed by atoms with van der Waals surface area (Å²) in [6, 6.07) is 0.795. The number of carbonyl (C=O) groups excluding carboxylic acids is 1. The minimum Gasteiger partial charge on any atom is -0.341 e. The smallest absolute Gasteiger partial charge is 0.225 e. The van der Waals surface area contributed by atoms with Crippen molar-refractivity contribution in [3.8, 4) is 0 Å². The summed E-state index contributed by atoms with van der Waals surface area (Å²) in [6.45, 7) is 6.24. The van der Waals surface area contributed by atoms with Crippen LogP contribution in [0.4, 0.5) is 0 Å². The van der Waals surface area contributed by atoms with Crippen LogP contribution in [0.1, 0.15) is 33.1 Å². The van der Waals surface area contributed by atoms with Crippen LogP contribution < -0.4 is 5.73 Å². The van der Waals surface area contributed by atoms with Gasteiger partial charge in [-0.3, -0.25) is 4.79 Å². The van der Waals surface area contributed by atoms with Crippen molar-refractivity contribution in [3.63, 3.8) is 0 Å². The molecule has 0 spiro atoms. The van der Waals surface area contributed by atoms with Crippen molar-refractivity contribution in [2.75, 3.05) is 27.2 Å². The topological polar surface area (TPSA) is 49.6 Å². The normalized spacial score (nSPS) is 39.9. The number of hydrogen-bond donors (Lipinski definition) is 1. The van der Waals surface area contributed by atoms with Gasteiger partial charge in [-0.1, -0.05) is 13.8 Å². The number of likely N-dealkylation sites (N-methyl/N-ethyl adjacent to an activating group) is 1. The molecule has 2 rings (SSSR count). The Balaban J connectivity index is 1.94. The first kappa shape index (κ1) is 14.8. The first-order valence-electron chi connectivity index (χ1n) is 7.61. The molecule has 19 heavy (non-hydrogen) atoms. The molecule has 1 heterocycles. The zero-order valence-electron chi connectivity index (χ0n) is 12.8. The molecule has 0 bridgehead atoms. The molecule has 4 nitrogen and oxygen atoms in total. The van der Waals surface area contributed by atoms with Crippen molar-refractivity contribution in [1.29, 1.82) is 0 Å². The van der Waals surface area contributed by atoms with E-state index in [4.69, 9.17) is 5.73 Å². The SMILES string of the molecule is CC1CC(C(=O)N2CC(C)C(N(C)C)C2)CCC1N. The summed E-state index contributed by atoms with van der Waals surface area (Å²) in [6.07, 6.45) is 2.94. The van der Waals surface area contributed by atoms with Crippen LogP contribution in [-0.2, 0) is 4.79 Å². The third kappa shape index (κ3) is 3.11. The third-order valence-corrected chi connectivity index (χ3v) is 5.13. The first-order valence-corrected chi connectivity index (χ1v) is 7.61. The van der Waals surface area contributed by atoms with Crippen molar-refractivity contribution in [2.45, 2.75) is 45.2 Å². The molecule has 1 amide bonds. The fourth-order valence-corrected chi connectivity index (χ4v) is 3.70. The van der Waals surface area contributed by atoms with Crippen molar-refractivity contribution in [3.05, 3.63) is 0 Å². The van der Waals surface area contributed by atoms with Gasteiger partial charge in [-0.25, -0.2) is 0 Å². The zero-order valence-corrected chi connectivity index (χ0v) is 12.8. The lowest BCUT2D eigenvalue weighted by molar-refractivity contribution is -0.136. The van der Waals surface area contributed by atoms with Gasteiger partial charge in [-0.15, -0.1) is 0 Å². The quantitative estimate of drug-likeness (QED) is 0.817. The molecule has 2 aliphatic rings. The van der Waals surface area contributed by atoms with E-state index in [1.807, 2.05) is 0 Å². The van der Waals surface area contributed by atoms with Crippen molar-refractivity contribution in [2.24, 2.45) is 23.5 Å². The first-order chi connectivity index (χ1) is 8.90. The van der Waals surface area contributed by atoms with Crippen LogP contribution in [0.5, 0.6) is 0 Å². The average Bonchev–Trinajstić information content (AvgIpc) is 2.74. The molecule has 0 aromatic rings. The highest BCUT2D eigenvalue weighted by molar-refractivity contribution is 5.79. The summed E-state index contributed by atoms with van der Waals surface area (Å²) < 4.78 is 0. The van der Waals surface area contributed by atoms with Gasteiger partial charge in [0.1, 0.15) is 0 Å². The van der Waals surface area contributed by atoms with Crippen LogP contribution >= 0.6 is 0 Å². The molecule has 0 aromatic carbocycles. The number of amides is 1. The molecule has 0 aromatic heterocycles. The van der Waals surface area contributed by atoms with Gasteiger partial charge < -0.3 is 15.5 Å². The number of nitrogens with two attached hydrogens (primary N) is 1. The highest BCUT2D eigenvalue weighted by atomic mass is 16.2. The van der Waals surface area contributed by atoms with Gasteiger partial charge in [0.05, 0.1) is 0 Å². The second-order valence-electron chi connectivity index (χ2n) is 6.90. The molecule has 1 saturated heterocycles. The molecule has 2 fully saturated rings. The Morgan fingerprint density at radius 1 is 1.16 bits per heavy atom. The molecule has 1 aliphatic carbocycles. The van der Waals surface area contributed by atoms with Gasteiger partial charge in [0.25, 0.3) is 0 Å². The van der Waals surface area contributed by atoms with E-state index in [-0.39, 0.29) is 12.0 Å². The summed E-state index contributed by atoms with van der Waals surface area (Å²) in [7, 11) is 4.22. The Bertz CT molecular complexity index is 331. The van der Waals surface area contributed by atoms with E-state index in [2.05, 4.69) is 37.7 Å². The van der Waals surface area contributed by atoms with Gasteiger partial charge in [0.15, 0.2) is 0 Å². The third-order valence-electron chi connectivity index (χ3n) is 5.13. The van der Waals surface area contributed by atoms with Crippen LogP contribution in [0.25, 0.3) is 0 Å². The summed E-state index contributed by atoms with van der Waals surface area (Å²) in [5, 5.41) is 0. The summed E-state index contributed by atoms with van der Waals surface area (Å²) in [4.78, 5) is 17.0. The predicted octanol–water partition coefficient (Wildman–Crippen LogP) is 1.16. The molecular weight excluding hydrogens is 238 g/mol. The lowest BCUT2D eigenvalue weighted by Crippen LogP contribution is -2.42. The van der Waals surface area contributed by atoms with Crippen LogP contribution in [-0.4, -0.2) is 55.0 Å². The zero-order chi connectivity index (χ0) is 14.2. The van der Waals surface area contributed by atoms with Gasteiger partial charge in [0.2, 0.25) is 5.91 Å². The van der Waals surface area contributed by atoms with Gasteiger partial charge in [-0.2, -0.15) is 0 Å². The second-order valence-corrected chi connectivity index (χ2v) is 6.90. The van der Waals surface area contributed by atoms with Crippen molar-refractivity contribution in [1.82, 2.24) is 9.80 Å². The minimum atomic E-state index is 0.211. The Kier molecular flexibility index (Phi) is 4.51. The van der Waals surface area contributed by atoms with E-state index >= 15 is 0 Å². The van der Waals surface area contributed by atoms with E-state index in [0.29, 0.717) is 23.8 Å². The summed E-state index contributed by atoms with van der Waals surface area (Å²) in [5.74, 6) is 1.63. The lowest BCUT2D eigenvalue weighted by atomic mass is 9.79. The second kappa shape index (κ2) is 5.80. The maximum atomic E-state index is 12.6. The highest BCUT2D eigenvalue weighted by Gasteiger charge is 2.38. The van der Waals surface area contributed by atoms with E-state index in [1.165, 1.54) is 0 Å². The Morgan fingerprint density at radius 3 is 2.37 bits per heavy atom. The van der Waals surface area contributed by atoms with Crippen LogP contribution in [0.3, 0.4) is 0 Å². The standard InChI is InChI=1S/C15H29N3O/c1-10-7-12(5-6-13(10)16)15(19)18-8-11(2)14(9-18)17(3)4/h10-14H,5-9,16H2,1-4H3. The molecule has 1 saturated carbocycles. The van der Waals surface area contributed by atoms with E-state index in [0.717, 1.165) is 32.4 Å². The average molecular weight is 267 g/mol.